The third kappa shape index (κ3) is 2.97. The minimum absolute atomic E-state index is 0.0695. The number of para-hydroxylation sites is 2. The summed E-state index contributed by atoms with van der Waals surface area (Å²) in [4.78, 5) is 0. The standard InChI is InChI=1S/C13H10BrFO2/c14-11-6-5-10(15)7-9(11)8-17-13-4-2-1-3-12(13)16/h1-7,16H,8H2. The maximum atomic E-state index is 13.0. The summed E-state index contributed by atoms with van der Waals surface area (Å²) in [5, 5.41) is 9.50. The number of rotatable bonds is 3. The van der Waals surface area contributed by atoms with Gasteiger partial charge in [0.15, 0.2) is 11.5 Å². The van der Waals surface area contributed by atoms with E-state index in [0.29, 0.717) is 11.3 Å². The largest absolute Gasteiger partial charge is 0.504 e. The van der Waals surface area contributed by atoms with Gasteiger partial charge in [-0.3, -0.25) is 0 Å². The first kappa shape index (κ1) is 11.9. The Morgan fingerprint density at radius 2 is 1.94 bits per heavy atom. The summed E-state index contributed by atoms with van der Waals surface area (Å²) in [6.45, 7) is 0.190. The van der Waals surface area contributed by atoms with E-state index in [4.69, 9.17) is 4.74 Å². The van der Waals surface area contributed by atoms with Crippen molar-refractivity contribution in [2.45, 2.75) is 6.61 Å². The van der Waals surface area contributed by atoms with E-state index in [2.05, 4.69) is 15.9 Å². The summed E-state index contributed by atoms with van der Waals surface area (Å²) in [5.74, 6) is 0.132. The molecule has 2 aromatic rings. The van der Waals surface area contributed by atoms with Gasteiger partial charge in [0, 0.05) is 10.0 Å². The van der Waals surface area contributed by atoms with Crippen LogP contribution in [0.15, 0.2) is 46.9 Å². The molecule has 2 rings (SSSR count). The van der Waals surface area contributed by atoms with Gasteiger partial charge in [-0.15, -0.1) is 0 Å². The van der Waals surface area contributed by atoms with E-state index in [9.17, 15) is 9.50 Å². The first-order chi connectivity index (χ1) is 8.16. The predicted molar refractivity (Wildman–Crippen MR) is 66.5 cm³/mol. The van der Waals surface area contributed by atoms with Gasteiger partial charge in [0.2, 0.25) is 0 Å². The fourth-order valence-corrected chi connectivity index (χ4v) is 1.75. The topological polar surface area (TPSA) is 29.5 Å². The highest BCUT2D eigenvalue weighted by atomic mass is 79.9. The van der Waals surface area contributed by atoms with Crippen molar-refractivity contribution in [1.29, 1.82) is 0 Å². The van der Waals surface area contributed by atoms with Gasteiger partial charge < -0.3 is 9.84 Å². The molecule has 0 aromatic heterocycles. The van der Waals surface area contributed by atoms with Crippen LogP contribution in [0.4, 0.5) is 4.39 Å². The van der Waals surface area contributed by atoms with Crippen molar-refractivity contribution in [1.82, 2.24) is 0 Å². The Labute approximate surface area is 107 Å². The molecule has 0 spiro atoms. The Balaban J connectivity index is 2.12. The fraction of sp³-hybridized carbons (Fsp3) is 0.0769. The lowest BCUT2D eigenvalue weighted by molar-refractivity contribution is 0.288. The molecule has 2 aromatic carbocycles. The van der Waals surface area contributed by atoms with Crippen molar-refractivity contribution in [3.63, 3.8) is 0 Å². The lowest BCUT2D eigenvalue weighted by atomic mass is 10.2. The van der Waals surface area contributed by atoms with Crippen LogP contribution >= 0.6 is 15.9 Å². The van der Waals surface area contributed by atoms with Crippen molar-refractivity contribution >= 4 is 15.9 Å². The van der Waals surface area contributed by atoms with E-state index in [-0.39, 0.29) is 18.2 Å². The fourth-order valence-electron chi connectivity index (χ4n) is 1.39. The summed E-state index contributed by atoms with van der Waals surface area (Å²) in [5.41, 5.74) is 0.688. The molecule has 88 valence electrons. The predicted octanol–water partition coefficient (Wildman–Crippen LogP) is 3.87. The zero-order valence-electron chi connectivity index (χ0n) is 8.86. The van der Waals surface area contributed by atoms with Crippen molar-refractivity contribution in [3.05, 3.63) is 58.3 Å². The van der Waals surface area contributed by atoms with Crippen molar-refractivity contribution in [2.24, 2.45) is 0 Å². The van der Waals surface area contributed by atoms with E-state index < -0.39 is 0 Å². The number of ether oxygens (including phenoxy) is 1. The number of hydrogen-bond acceptors (Lipinski definition) is 2. The van der Waals surface area contributed by atoms with E-state index in [1.54, 1.807) is 24.3 Å². The molecule has 0 saturated carbocycles. The third-order valence-electron chi connectivity index (χ3n) is 2.26. The van der Waals surface area contributed by atoms with Crippen molar-refractivity contribution < 1.29 is 14.2 Å². The molecule has 0 amide bonds. The average molecular weight is 297 g/mol. The molecule has 0 radical (unpaired) electrons. The number of phenols is 1. The van der Waals surface area contributed by atoms with Gasteiger partial charge in [0.1, 0.15) is 12.4 Å². The Morgan fingerprint density at radius 3 is 2.71 bits per heavy atom. The molecular formula is C13H10BrFO2. The molecule has 2 nitrogen and oxygen atoms in total. The molecule has 0 unspecified atom stereocenters. The summed E-state index contributed by atoms with van der Waals surface area (Å²) < 4.78 is 19.2. The number of benzene rings is 2. The van der Waals surface area contributed by atoms with Gasteiger partial charge in [0.25, 0.3) is 0 Å². The van der Waals surface area contributed by atoms with Gasteiger partial charge in [-0.1, -0.05) is 28.1 Å². The first-order valence-corrected chi connectivity index (χ1v) is 5.81. The zero-order valence-corrected chi connectivity index (χ0v) is 10.4. The summed E-state index contributed by atoms with van der Waals surface area (Å²) >= 11 is 3.31. The second kappa shape index (κ2) is 5.19. The maximum absolute atomic E-state index is 13.0. The highest BCUT2D eigenvalue weighted by molar-refractivity contribution is 9.10. The monoisotopic (exact) mass is 296 g/mol. The van der Waals surface area contributed by atoms with E-state index in [0.717, 1.165) is 4.47 Å². The molecule has 0 aliphatic rings. The second-order valence-corrected chi connectivity index (χ2v) is 4.35. The van der Waals surface area contributed by atoms with Crippen molar-refractivity contribution in [3.8, 4) is 11.5 Å². The lowest BCUT2D eigenvalue weighted by Crippen LogP contribution is -1.97. The van der Waals surface area contributed by atoms with Crippen LogP contribution in [0.5, 0.6) is 11.5 Å². The summed E-state index contributed by atoms with van der Waals surface area (Å²) in [7, 11) is 0. The number of phenolic OH excluding ortho intramolecular Hbond substituents is 1. The highest BCUT2D eigenvalue weighted by Crippen LogP contribution is 2.26. The Morgan fingerprint density at radius 1 is 1.18 bits per heavy atom. The van der Waals surface area contributed by atoms with Crippen LogP contribution in [0.3, 0.4) is 0 Å². The van der Waals surface area contributed by atoms with Crippen LogP contribution in [0.1, 0.15) is 5.56 Å². The van der Waals surface area contributed by atoms with Crippen LogP contribution in [0, 0.1) is 5.82 Å². The lowest BCUT2D eigenvalue weighted by Gasteiger charge is -2.09. The third-order valence-corrected chi connectivity index (χ3v) is 3.03. The average Bonchev–Trinajstić information content (AvgIpc) is 2.32. The highest BCUT2D eigenvalue weighted by Gasteiger charge is 2.05. The minimum atomic E-state index is -0.316. The molecule has 1 N–H and O–H groups in total. The van der Waals surface area contributed by atoms with Gasteiger partial charge in [-0.25, -0.2) is 4.39 Å². The Bertz CT molecular complexity index is 529. The molecule has 0 aliphatic heterocycles. The van der Waals surface area contributed by atoms with Crippen LogP contribution in [-0.2, 0) is 6.61 Å². The van der Waals surface area contributed by atoms with Crippen LogP contribution < -0.4 is 4.74 Å². The number of aromatic hydroxyl groups is 1. The van der Waals surface area contributed by atoms with E-state index >= 15 is 0 Å². The SMILES string of the molecule is Oc1ccccc1OCc1cc(F)ccc1Br. The van der Waals surface area contributed by atoms with Crippen molar-refractivity contribution in [2.75, 3.05) is 0 Å². The summed E-state index contributed by atoms with van der Waals surface area (Å²) in [6.07, 6.45) is 0. The zero-order chi connectivity index (χ0) is 12.3. The van der Waals surface area contributed by atoms with Crippen LogP contribution in [0.25, 0.3) is 0 Å². The molecular weight excluding hydrogens is 287 g/mol. The molecule has 0 atom stereocenters. The van der Waals surface area contributed by atoms with Crippen LogP contribution in [0.2, 0.25) is 0 Å². The molecule has 0 heterocycles. The number of halogens is 2. The summed E-state index contributed by atoms with van der Waals surface area (Å²) in [6, 6.07) is 11.0. The van der Waals surface area contributed by atoms with Crippen LogP contribution in [-0.4, -0.2) is 5.11 Å². The van der Waals surface area contributed by atoms with Gasteiger partial charge in [-0.2, -0.15) is 0 Å². The molecule has 4 heteroatoms. The van der Waals surface area contributed by atoms with Gasteiger partial charge in [0.05, 0.1) is 0 Å². The second-order valence-electron chi connectivity index (χ2n) is 3.49. The molecule has 0 fully saturated rings. The number of hydrogen-bond donors (Lipinski definition) is 1. The van der Waals surface area contributed by atoms with E-state index in [1.807, 2.05) is 0 Å². The molecule has 0 bridgehead atoms. The first-order valence-electron chi connectivity index (χ1n) is 5.01. The maximum Gasteiger partial charge on any atom is 0.161 e. The van der Waals surface area contributed by atoms with Gasteiger partial charge in [-0.05, 0) is 30.3 Å². The molecule has 0 saturated heterocycles. The Kier molecular flexibility index (Phi) is 3.64. The minimum Gasteiger partial charge on any atom is -0.504 e. The van der Waals surface area contributed by atoms with Gasteiger partial charge >= 0.3 is 0 Å². The smallest absolute Gasteiger partial charge is 0.161 e. The normalized spacial score (nSPS) is 10.2. The van der Waals surface area contributed by atoms with E-state index in [1.165, 1.54) is 18.2 Å². The molecule has 0 aliphatic carbocycles. The molecule has 17 heavy (non-hydrogen) atoms. The quantitative estimate of drug-likeness (QED) is 0.931. The Hall–Kier alpha value is -1.55.